The Bertz CT molecular complexity index is 449. The topological polar surface area (TPSA) is 63.8 Å². The lowest BCUT2D eigenvalue weighted by Gasteiger charge is -2.02. The molecule has 0 aliphatic heterocycles. The summed E-state index contributed by atoms with van der Waals surface area (Å²) < 4.78 is 0. The molecule has 0 spiro atoms. The maximum Gasteiger partial charge on any atom is 0.210 e. The minimum atomic E-state index is 0.439. The first-order valence-electron chi connectivity index (χ1n) is 5.20. The van der Waals surface area contributed by atoms with Crippen LogP contribution >= 0.6 is 11.3 Å². The van der Waals surface area contributed by atoms with Crippen LogP contribution in [0.3, 0.4) is 0 Å². The molecule has 84 valence electrons. The zero-order valence-electron chi connectivity index (χ0n) is 9.10. The molecule has 2 aromatic rings. The van der Waals surface area contributed by atoms with Crippen molar-refractivity contribution in [2.45, 2.75) is 19.9 Å². The standard InChI is InChI=1S/C11H14N4S/c1-2-8-3-5-9(6-4-8)13-11-15-14-10(7-12)16-11/h3-6H,2,7,12H2,1H3,(H,13,15). The Hall–Kier alpha value is -1.46. The third kappa shape index (κ3) is 2.56. The van der Waals surface area contributed by atoms with Gasteiger partial charge in [-0.15, -0.1) is 10.2 Å². The summed E-state index contributed by atoms with van der Waals surface area (Å²) in [5.41, 5.74) is 7.82. The van der Waals surface area contributed by atoms with Crippen LogP contribution < -0.4 is 11.1 Å². The molecule has 4 nitrogen and oxygen atoms in total. The summed E-state index contributed by atoms with van der Waals surface area (Å²) in [6.45, 7) is 2.58. The van der Waals surface area contributed by atoms with Gasteiger partial charge >= 0.3 is 0 Å². The molecule has 0 radical (unpaired) electrons. The van der Waals surface area contributed by atoms with E-state index in [1.54, 1.807) is 0 Å². The van der Waals surface area contributed by atoms with E-state index in [1.165, 1.54) is 16.9 Å². The lowest BCUT2D eigenvalue weighted by atomic mass is 10.1. The maximum atomic E-state index is 5.47. The Morgan fingerprint density at radius 2 is 2.00 bits per heavy atom. The van der Waals surface area contributed by atoms with E-state index in [0.717, 1.165) is 22.2 Å². The van der Waals surface area contributed by atoms with Crippen LogP contribution in [0.1, 0.15) is 17.5 Å². The van der Waals surface area contributed by atoms with Crippen molar-refractivity contribution in [1.29, 1.82) is 0 Å². The average molecular weight is 234 g/mol. The summed E-state index contributed by atoms with van der Waals surface area (Å²) in [6.07, 6.45) is 1.05. The monoisotopic (exact) mass is 234 g/mol. The molecule has 1 aromatic heterocycles. The van der Waals surface area contributed by atoms with E-state index in [-0.39, 0.29) is 0 Å². The van der Waals surface area contributed by atoms with Gasteiger partial charge in [0.15, 0.2) is 0 Å². The molecule has 0 aliphatic rings. The number of nitrogens with zero attached hydrogens (tertiary/aromatic N) is 2. The Labute approximate surface area is 98.5 Å². The van der Waals surface area contributed by atoms with Gasteiger partial charge in [-0.1, -0.05) is 30.4 Å². The molecule has 3 N–H and O–H groups in total. The van der Waals surface area contributed by atoms with Gasteiger partial charge in [0.2, 0.25) is 5.13 Å². The molecule has 0 aliphatic carbocycles. The van der Waals surface area contributed by atoms with Gasteiger partial charge in [0.25, 0.3) is 0 Å². The highest BCUT2D eigenvalue weighted by atomic mass is 32.1. The molecule has 1 aromatic carbocycles. The fourth-order valence-corrected chi connectivity index (χ4v) is 1.97. The molecule has 0 saturated heterocycles. The molecular formula is C11H14N4S. The number of aryl methyl sites for hydroxylation is 1. The van der Waals surface area contributed by atoms with Gasteiger partial charge in [-0.25, -0.2) is 0 Å². The molecule has 5 heteroatoms. The number of hydrogen-bond donors (Lipinski definition) is 2. The highest BCUT2D eigenvalue weighted by Gasteiger charge is 2.02. The van der Waals surface area contributed by atoms with Crippen LogP contribution in [-0.4, -0.2) is 10.2 Å². The Morgan fingerprint density at radius 1 is 1.25 bits per heavy atom. The van der Waals surface area contributed by atoms with Crippen LogP contribution in [0.4, 0.5) is 10.8 Å². The second kappa shape index (κ2) is 5.05. The van der Waals surface area contributed by atoms with Crippen LogP contribution in [0.2, 0.25) is 0 Å². The predicted octanol–water partition coefficient (Wildman–Crippen LogP) is 2.30. The highest BCUT2D eigenvalue weighted by molar-refractivity contribution is 7.15. The zero-order valence-corrected chi connectivity index (χ0v) is 9.92. The lowest BCUT2D eigenvalue weighted by molar-refractivity contribution is 0.960. The number of benzene rings is 1. The highest BCUT2D eigenvalue weighted by Crippen LogP contribution is 2.20. The lowest BCUT2D eigenvalue weighted by Crippen LogP contribution is -1.94. The van der Waals surface area contributed by atoms with Gasteiger partial charge in [-0.3, -0.25) is 0 Å². The molecule has 0 atom stereocenters. The molecule has 0 saturated carbocycles. The first kappa shape index (κ1) is 11.0. The Kier molecular flexibility index (Phi) is 3.48. The van der Waals surface area contributed by atoms with E-state index in [4.69, 9.17) is 5.73 Å². The maximum absolute atomic E-state index is 5.47. The Morgan fingerprint density at radius 3 is 2.56 bits per heavy atom. The largest absolute Gasteiger partial charge is 0.330 e. The molecule has 0 amide bonds. The summed E-state index contributed by atoms with van der Waals surface area (Å²) in [5, 5.41) is 12.8. The van der Waals surface area contributed by atoms with Gasteiger partial charge < -0.3 is 11.1 Å². The first-order chi connectivity index (χ1) is 7.81. The summed E-state index contributed by atoms with van der Waals surface area (Å²) in [6, 6.07) is 8.30. The van der Waals surface area contributed by atoms with Crippen LogP contribution in [0.5, 0.6) is 0 Å². The van der Waals surface area contributed by atoms with Crippen molar-refractivity contribution < 1.29 is 0 Å². The predicted molar refractivity (Wildman–Crippen MR) is 66.9 cm³/mol. The van der Waals surface area contributed by atoms with Crippen molar-refractivity contribution >= 4 is 22.2 Å². The van der Waals surface area contributed by atoms with Crippen molar-refractivity contribution in [2.75, 3.05) is 5.32 Å². The van der Waals surface area contributed by atoms with Crippen molar-refractivity contribution in [3.05, 3.63) is 34.8 Å². The fourth-order valence-electron chi connectivity index (χ4n) is 1.33. The van der Waals surface area contributed by atoms with Crippen molar-refractivity contribution in [3.63, 3.8) is 0 Å². The summed E-state index contributed by atoms with van der Waals surface area (Å²) in [5.74, 6) is 0. The van der Waals surface area contributed by atoms with Gasteiger partial charge in [-0.2, -0.15) is 0 Å². The molecule has 0 bridgehead atoms. The minimum Gasteiger partial charge on any atom is -0.330 e. The second-order valence-corrected chi connectivity index (χ2v) is 4.44. The number of hydrogen-bond acceptors (Lipinski definition) is 5. The quantitative estimate of drug-likeness (QED) is 0.852. The molecule has 2 rings (SSSR count). The average Bonchev–Trinajstić information content (AvgIpc) is 2.78. The van der Waals surface area contributed by atoms with Crippen LogP contribution in [-0.2, 0) is 13.0 Å². The number of nitrogens with one attached hydrogen (secondary N) is 1. The number of rotatable bonds is 4. The van der Waals surface area contributed by atoms with Gasteiger partial charge in [0, 0.05) is 12.2 Å². The van der Waals surface area contributed by atoms with Crippen LogP contribution in [0, 0.1) is 0 Å². The molecule has 16 heavy (non-hydrogen) atoms. The Balaban J connectivity index is 2.08. The van der Waals surface area contributed by atoms with Crippen molar-refractivity contribution in [3.8, 4) is 0 Å². The minimum absolute atomic E-state index is 0.439. The van der Waals surface area contributed by atoms with E-state index in [9.17, 15) is 0 Å². The molecule has 0 fully saturated rings. The smallest absolute Gasteiger partial charge is 0.210 e. The fraction of sp³-hybridized carbons (Fsp3) is 0.273. The second-order valence-electron chi connectivity index (χ2n) is 3.38. The van der Waals surface area contributed by atoms with Crippen LogP contribution in [0.25, 0.3) is 0 Å². The van der Waals surface area contributed by atoms with Crippen molar-refractivity contribution in [2.24, 2.45) is 5.73 Å². The summed E-state index contributed by atoms with van der Waals surface area (Å²) in [7, 11) is 0. The number of nitrogens with two attached hydrogens (primary N) is 1. The van der Waals surface area contributed by atoms with Gasteiger partial charge in [0.1, 0.15) is 5.01 Å². The number of aromatic nitrogens is 2. The van der Waals surface area contributed by atoms with E-state index in [0.29, 0.717) is 6.54 Å². The molecule has 0 unspecified atom stereocenters. The van der Waals surface area contributed by atoms with E-state index >= 15 is 0 Å². The van der Waals surface area contributed by atoms with Gasteiger partial charge in [-0.05, 0) is 24.1 Å². The third-order valence-corrected chi connectivity index (χ3v) is 3.12. The summed E-state index contributed by atoms with van der Waals surface area (Å²) >= 11 is 1.48. The van der Waals surface area contributed by atoms with Crippen molar-refractivity contribution in [1.82, 2.24) is 10.2 Å². The SMILES string of the molecule is CCc1ccc(Nc2nnc(CN)s2)cc1. The van der Waals surface area contributed by atoms with Crippen LogP contribution in [0.15, 0.2) is 24.3 Å². The molecular weight excluding hydrogens is 220 g/mol. The first-order valence-corrected chi connectivity index (χ1v) is 6.02. The van der Waals surface area contributed by atoms with E-state index < -0.39 is 0 Å². The normalized spacial score (nSPS) is 10.4. The van der Waals surface area contributed by atoms with E-state index in [2.05, 4.69) is 34.6 Å². The number of anilines is 2. The zero-order chi connectivity index (χ0) is 11.4. The summed E-state index contributed by atoms with van der Waals surface area (Å²) in [4.78, 5) is 0. The van der Waals surface area contributed by atoms with E-state index in [1.807, 2.05) is 12.1 Å². The third-order valence-electron chi connectivity index (χ3n) is 2.25. The molecule has 1 heterocycles. The van der Waals surface area contributed by atoms with Gasteiger partial charge in [0.05, 0.1) is 0 Å².